The first-order chi connectivity index (χ1) is 14.8. The van der Waals surface area contributed by atoms with Crippen LogP contribution < -0.4 is 15.0 Å². The molecule has 0 fully saturated rings. The van der Waals surface area contributed by atoms with Crippen LogP contribution in [0, 0.1) is 0 Å². The van der Waals surface area contributed by atoms with Crippen LogP contribution in [0.25, 0.3) is 10.9 Å². The third kappa shape index (κ3) is 6.19. The monoisotopic (exact) mass is 489 g/mol. The fourth-order valence-electron chi connectivity index (χ4n) is 3.40. The van der Waals surface area contributed by atoms with E-state index >= 15 is 0 Å². The Bertz CT molecular complexity index is 1100. The van der Waals surface area contributed by atoms with E-state index in [4.69, 9.17) is 16.3 Å². The van der Waals surface area contributed by atoms with Crippen molar-refractivity contribution in [1.82, 2.24) is 4.98 Å². The molecule has 4 rings (SSSR count). The van der Waals surface area contributed by atoms with Crippen LogP contribution in [0.4, 0.5) is 17.1 Å². The van der Waals surface area contributed by atoms with Crippen LogP contribution in [0.15, 0.2) is 85.1 Å². The molecule has 0 amide bonds. The van der Waals surface area contributed by atoms with Crippen LogP contribution in [0.2, 0.25) is 0 Å². The number of ether oxygens (including phenoxy) is 1. The second-order valence-electron chi connectivity index (χ2n) is 6.89. The molecule has 0 aliphatic carbocycles. The summed E-state index contributed by atoms with van der Waals surface area (Å²) in [6.45, 7) is 3.88. The molecule has 168 valence electrons. The van der Waals surface area contributed by atoms with Gasteiger partial charge in [0.1, 0.15) is 11.5 Å². The van der Waals surface area contributed by atoms with Crippen LogP contribution in [0.5, 0.6) is 11.5 Å². The number of rotatable bonds is 8. The Morgan fingerprint density at radius 1 is 0.875 bits per heavy atom. The first-order valence-corrected chi connectivity index (χ1v) is 10.6. The second kappa shape index (κ2) is 12.4. The minimum atomic E-state index is 0. The maximum atomic E-state index is 6.00. The summed E-state index contributed by atoms with van der Waals surface area (Å²) in [5.41, 5.74) is 4.14. The van der Waals surface area contributed by atoms with E-state index in [1.165, 1.54) is 0 Å². The molecule has 0 aliphatic heterocycles. The average Bonchev–Trinajstić information content (AvgIpc) is 2.80. The summed E-state index contributed by atoms with van der Waals surface area (Å²) in [6, 6.07) is 26.1. The predicted molar refractivity (Wildman–Crippen MR) is 141 cm³/mol. The molecule has 7 heteroatoms. The van der Waals surface area contributed by atoms with Gasteiger partial charge in [0.05, 0.1) is 5.52 Å². The van der Waals surface area contributed by atoms with Crippen molar-refractivity contribution in [2.24, 2.45) is 0 Å². The lowest BCUT2D eigenvalue weighted by atomic mass is 10.2. The molecule has 32 heavy (non-hydrogen) atoms. The lowest BCUT2D eigenvalue weighted by Crippen LogP contribution is -2.24. The Hall–Kier alpha value is -2.66. The number of pyridine rings is 1. The molecule has 4 nitrogen and oxygen atoms in total. The molecule has 1 aromatic heterocycles. The SMILES string of the molecule is CCN(CCCl)c1ccc(Oc2ccc(Nc3ccnc4ccccc34)cc2)cc1.Cl.Cl. The Morgan fingerprint density at radius 3 is 2.19 bits per heavy atom. The quantitative estimate of drug-likeness (QED) is 0.257. The maximum absolute atomic E-state index is 6.00. The van der Waals surface area contributed by atoms with Gasteiger partial charge in [-0.3, -0.25) is 4.98 Å². The molecule has 0 spiro atoms. The topological polar surface area (TPSA) is 37.4 Å². The van der Waals surface area contributed by atoms with Gasteiger partial charge < -0.3 is 15.0 Å². The molecule has 0 saturated heterocycles. The van der Waals surface area contributed by atoms with E-state index in [9.17, 15) is 0 Å². The number of hydrogen-bond donors (Lipinski definition) is 1. The van der Waals surface area contributed by atoms with Crippen molar-refractivity contribution in [2.45, 2.75) is 6.92 Å². The lowest BCUT2D eigenvalue weighted by Gasteiger charge is -2.22. The Balaban J connectivity index is 0.00000181. The van der Waals surface area contributed by atoms with E-state index in [-0.39, 0.29) is 24.8 Å². The number of nitrogens with one attached hydrogen (secondary N) is 1. The average molecular weight is 491 g/mol. The van der Waals surface area contributed by atoms with Crippen molar-refractivity contribution in [3.63, 3.8) is 0 Å². The van der Waals surface area contributed by atoms with Gasteiger partial charge in [0.25, 0.3) is 0 Å². The van der Waals surface area contributed by atoms with Gasteiger partial charge in [-0.05, 0) is 67.6 Å². The van der Waals surface area contributed by atoms with Gasteiger partial charge in [-0.2, -0.15) is 0 Å². The van der Waals surface area contributed by atoms with E-state index in [2.05, 4.69) is 40.3 Å². The number of aromatic nitrogens is 1. The highest BCUT2D eigenvalue weighted by Crippen LogP contribution is 2.28. The first-order valence-electron chi connectivity index (χ1n) is 10.1. The highest BCUT2D eigenvalue weighted by Gasteiger charge is 2.05. The zero-order chi connectivity index (χ0) is 20.8. The van der Waals surface area contributed by atoms with Gasteiger partial charge in [0.2, 0.25) is 0 Å². The number of halogens is 3. The largest absolute Gasteiger partial charge is 0.457 e. The molecule has 0 unspecified atom stereocenters. The van der Waals surface area contributed by atoms with Gasteiger partial charge >= 0.3 is 0 Å². The Morgan fingerprint density at radius 2 is 1.53 bits per heavy atom. The minimum absolute atomic E-state index is 0. The van der Waals surface area contributed by atoms with Crippen molar-refractivity contribution in [3.8, 4) is 11.5 Å². The van der Waals surface area contributed by atoms with Crippen LogP contribution in [-0.4, -0.2) is 24.0 Å². The summed E-state index contributed by atoms with van der Waals surface area (Å²) in [5, 5.41) is 4.56. The van der Waals surface area contributed by atoms with Crippen LogP contribution in [0.1, 0.15) is 6.92 Å². The van der Waals surface area contributed by atoms with E-state index in [1.54, 1.807) is 0 Å². The van der Waals surface area contributed by atoms with E-state index in [0.29, 0.717) is 5.88 Å². The summed E-state index contributed by atoms with van der Waals surface area (Å²) >= 11 is 5.88. The van der Waals surface area contributed by atoms with Gasteiger partial charge in [-0.25, -0.2) is 0 Å². The molecule has 1 heterocycles. The van der Waals surface area contributed by atoms with Gasteiger partial charge in [-0.1, -0.05) is 18.2 Å². The highest BCUT2D eigenvalue weighted by atomic mass is 35.5. The standard InChI is InChI=1S/C25H24ClN3O.2ClH/c1-2-29(18-16-26)20-9-13-22(14-10-20)30-21-11-7-19(8-12-21)28-25-15-17-27-24-6-4-3-5-23(24)25;;/h3-15,17H,2,16,18H2,1H3,(H,27,28);2*1H. The summed E-state index contributed by atoms with van der Waals surface area (Å²) in [4.78, 5) is 6.64. The van der Waals surface area contributed by atoms with E-state index in [1.807, 2.05) is 66.9 Å². The molecular formula is C25H26Cl3N3O. The summed E-state index contributed by atoms with van der Waals surface area (Å²) in [7, 11) is 0. The summed E-state index contributed by atoms with van der Waals surface area (Å²) in [5.74, 6) is 2.21. The molecule has 0 atom stereocenters. The summed E-state index contributed by atoms with van der Waals surface area (Å²) < 4.78 is 6.00. The lowest BCUT2D eigenvalue weighted by molar-refractivity contribution is 0.483. The second-order valence-corrected chi connectivity index (χ2v) is 7.27. The fourth-order valence-corrected chi connectivity index (χ4v) is 3.60. The number of alkyl halides is 1. The number of hydrogen-bond acceptors (Lipinski definition) is 4. The zero-order valence-electron chi connectivity index (χ0n) is 17.7. The predicted octanol–water partition coefficient (Wildman–Crippen LogP) is 7.68. The van der Waals surface area contributed by atoms with E-state index < -0.39 is 0 Å². The van der Waals surface area contributed by atoms with Crippen LogP contribution in [0.3, 0.4) is 0 Å². The van der Waals surface area contributed by atoms with Crippen molar-refractivity contribution in [1.29, 1.82) is 0 Å². The van der Waals surface area contributed by atoms with Crippen LogP contribution in [-0.2, 0) is 0 Å². The van der Waals surface area contributed by atoms with Gasteiger partial charge in [-0.15, -0.1) is 36.4 Å². The Labute approximate surface area is 206 Å². The third-order valence-electron chi connectivity index (χ3n) is 4.96. The van der Waals surface area contributed by atoms with E-state index in [0.717, 1.165) is 52.6 Å². The number of nitrogens with zero attached hydrogens (tertiary/aromatic N) is 2. The normalized spacial score (nSPS) is 10.1. The number of benzene rings is 3. The molecule has 4 aromatic rings. The maximum Gasteiger partial charge on any atom is 0.127 e. The van der Waals surface area contributed by atoms with Crippen molar-refractivity contribution >= 4 is 64.4 Å². The Kier molecular flexibility index (Phi) is 9.92. The molecular weight excluding hydrogens is 465 g/mol. The van der Waals surface area contributed by atoms with Crippen molar-refractivity contribution < 1.29 is 4.74 Å². The van der Waals surface area contributed by atoms with Crippen molar-refractivity contribution in [2.75, 3.05) is 29.2 Å². The van der Waals surface area contributed by atoms with Crippen LogP contribution >= 0.6 is 36.4 Å². The third-order valence-corrected chi connectivity index (χ3v) is 5.13. The number of para-hydroxylation sites is 1. The number of anilines is 3. The molecule has 0 radical (unpaired) electrons. The fraction of sp³-hybridized carbons (Fsp3) is 0.160. The number of fused-ring (bicyclic) bond motifs is 1. The summed E-state index contributed by atoms with van der Waals surface area (Å²) in [6.07, 6.45) is 1.82. The highest BCUT2D eigenvalue weighted by molar-refractivity contribution is 6.18. The first kappa shape index (κ1) is 25.6. The molecule has 1 N–H and O–H groups in total. The molecule has 0 saturated carbocycles. The molecule has 0 bridgehead atoms. The van der Waals surface area contributed by atoms with Gasteiger partial charge in [0, 0.05) is 47.6 Å². The smallest absolute Gasteiger partial charge is 0.127 e. The zero-order valence-corrected chi connectivity index (χ0v) is 20.1. The van der Waals surface area contributed by atoms with Gasteiger partial charge in [0.15, 0.2) is 0 Å². The minimum Gasteiger partial charge on any atom is -0.457 e. The molecule has 0 aliphatic rings. The van der Waals surface area contributed by atoms with Crippen molar-refractivity contribution in [3.05, 3.63) is 85.1 Å². The molecule has 3 aromatic carbocycles.